The lowest BCUT2D eigenvalue weighted by atomic mass is 9.71. The van der Waals surface area contributed by atoms with E-state index < -0.39 is 45.8 Å². The molecule has 45 heavy (non-hydrogen) atoms. The summed E-state index contributed by atoms with van der Waals surface area (Å²) in [4.78, 5) is 33.7. The van der Waals surface area contributed by atoms with Gasteiger partial charge in [-0.3, -0.25) is 14.0 Å². The summed E-state index contributed by atoms with van der Waals surface area (Å²) in [5, 5.41) is 18.4. The van der Waals surface area contributed by atoms with Gasteiger partial charge in [0.05, 0.1) is 24.4 Å². The third kappa shape index (κ3) is 8.66. The number of fused-ring (bicyclic) bond motifs is 3. The molecule has 2 aromatic rings. The predicted molar refractivity (Wildman–Crippen MR) is 176 cm³/mol. The van der Waals surface area contributed by atoms with Gasteiger partial charge in [-0.25, -0.2) is 18.2 Å². The van der Waals surface area contributed by atoms with E-state index in [4.69, 9.17) is 4.74 Å². The number of rotatable bonds is 11. The molecular formula is C33H49N5O6S. The standard InChI is InChI=1S/C33H49N5O6S/c1-8-21(2)34-27-19-24(20-28(36-27)37(6)45(7,42)43)31(40)35-26(18-22-12-10-9-11-13-22)30(39)29-23-14-16-25(17-15-23)38(29)32(41)44-33(3,4)5/h9-13,19-21,23,25-26,29-30,39H,8,14-18H2,1-7H3,(H,34,36)(H,35,40)/t21?,23?,25?,26-,29?,30-/m0/s1. The van der Waals surface area contributed by atoms with E-state index in [-0.39, 0.29) is 29.4 Å². The second kappa shape index (κ2) is 13.9. The van der Waals surface area contributed by atoms with Crippen LogP contribution in [0.5, 0.6) is 0 Å². The number of carbonyl (C=O) groups is 2. The molecule has 248 valence electrons. The Morgan fingerprint density at radius 1 is 1.13 bits per heavy atom. The number of aliphatic hydroxyl groups excluding tert-OH is 1. The number of nitrogens with one attached hydrogen (secondary N) is 2. The van der Waals surface area contributed by atoms with Gasteiger partial charge in [0.2, 0.25) is 10.0 Å². The van der Waals surface area contributed by atoms with Crippen LogP contribution in [-0.2, 0) is 21.2 Å². The third-order valence-corrected chi connectivity index (χ3v) is 10.0. The molecular weight excluding hydrogens is 594 g/mol. The predicted octanol–water partition coefficient (Wildman–Crippen LogP) is 4.57. The summed E-state index contributed by atoms with van der Waals surface area (Å²) in [5.41, 5.74) is 0.416. The van der Waals surface area contributed by atoms with Gasteiger partial charge in [0.1, 0.15) is 17.2 Å². The van der Waals surface area contributed by atoms with Gasteiger partial charge in [-0.2, -0.15) is 0 Å². The fraction of sp³-hybridized carbons (Fsp3) is 0.606. The second-order valence-corrected chi connectivity index (χ2v) is 15.5. The Hall–Kier alpha value is -3.38. The van der Waals surface area contributed by atoms with Crippen LogP contribution >= 0.6 is 0 Å². The van der Waals surface area contributed by atoms with Gasteiger partial charge < -0.3 is 20.5 Å². The monoisotopic (exact) mass is 643 g/mol. The lowest BCUT2D eigenvalue weighted by molar-refractivity contribution is -0.0854. The van der Waals surface area contributed by atoms with Crippen molar-refractivity contribution in [2.75, 3.05) is 22.9 Å². The van der Waals surface area contributed by atoms with Crippen LogP contribution in [0.25, 0.3) is 0 Å². The SMILES string of the molecule is CCC(C)Nc1cc(C(=O)N[C@@H](Cc2ccccc2)[C@H](O)C2C3CCC(CC3)N2C(=O)OC(C)(C)C)cc(N(C)S(C)(=O)=O)n1. The average Bonchev–Trinajstić information content (AvgIpc) is 2.99. The van der Waals surface area contributed by atoms with E-state index in [0.29, 0.717) is 12.2 Å². The molecule has 1 aromatic carbocycles. The van der Waals surface area contributed by atoms with E-state index in [2.05, 4.69) is 15.6 Å². The Bertz CT molecular complexity index is 1440. The molecule has 2 bridgehead atoms. The number of carbonyl (C=O) groups excluding carboxylic acids is 2. The van der Waals surface area contributed by atoms with Gasteiger partial charge in [0.15, 0.2) is 0 Å². The number of pyridine rings is 1. The summed E-state index contributed by atoms with van der Waals surface area (Å²) < 4.78 is 31.6. The molecule has 3 heterocycles. The van der Waals surface area contributed by atoms with E-state index in [9.17, 15) is 23.1 Å². The molecule has 2 amide bonds. The molecule has 4 atom stereocenters. The number of benzene rings is 1. The summed E-state index contributed by atoms with van der Waals surface area (Å²) in [6, 6.07) is 11.3. The Balaban J connectivity index is 1.70. The Morgan fingerprint density at radius 3 is 2.36 bits per heavy atom. The van der Waals surface area contributed by atoms with Crippen molar-refractivity contribution in [2.45, 2.75) is 109 Å². The fourth-order valence-corrected chi connectivity index (χ4v) is 6.68. The van der Waals surface area contributed by atoms with Crippen molar-refractivity contribution >= 4 is 33.7 Å². The normalized spacial score (nSPS) is 21.9. The van der Waals surface area contributed by atoms with Crippen LogP contribution < -0.4 is 14.9 Å². The highest BCUT2D eigenvalue weighted by Crippen LogP contribution is 2.42. The minimum Gasteiger partial charge on any atom is -0.444 e. The molecule has 3 N–H and O–H groups in total. The van der Waals surface area contributed by atoms with Crippen LogP contribution in [0.4, 0.5) is 16.4 Å². The zero-order valence-corrected chi connectivity index (χ0v) is 28.3. The largest absolute Gasteiger partial charge is 0.444 e. The van der Waals surface area contributed by atoms with Gasteiger partial charge in [0.25, 0.3) is 5.91 Å². The van der Waals surface area contributed by atoms with Gasteiger partial charge in [-0.05, 0) is 89.8 Å². The maximum absolute atomic E-state index is 14.0. The molecule has 3 fully saturated rings. The van der Waals surface area contributed by atoms with Gasteiger partial charge in [-0.15, -0.1) is 0 Å². The van der Waals surface area contributed by atoms with Crippen molar-refractivity contribution in [3.63, 3.8) is 0 Å². The number of hydrogen-bond acceptors (Lipinski definition) is 8. The molecule has 12 heteroatoms. The first-order chi connectivity index (χ1) is 21.1. The molecule has 5 rings (SSSR count). The van der Waals surface area contributed by atoms with Crippen molar-refractivity contribution in [2.24, 2.45) is 5.92 Å². The van der Waals surface area contributed by atoms with E-state index in [1.165, 1.54) is 13.1 Å². The molecule has 2 saturated heterocycles. The summed E-state index contributed by atoms with van der Waals surface area (Å²) >= 11 is 0. The maximum Gasteiger partial charge on any atom is 0.410 e. The van der Waals surface area contributed by atoms with Crippen LogP contribution in [-0.4, -0.2) is 84.6 Å². The zero-order chi connectivity index (χ0) is 33.1. The van der Waals surface area contributed by atoms with Crippen molar-refractivity contribution in [3.8, 4) is 0 Å². The van der Waals surface area contributed by atoms with Crippen LogP contribution in [0.2, 0.25) is 0 Å². The number of sulfonamides is 1. The van der Waals surface area contributed by atoms with Gasteiger partial charge in [0, 0.05) is 24.7 Å². The topological polar surface area (TPSA) is 141 Å². The number of anilines is 2. The summed E-state index contributed by atoms with van der Waals surface area (Å²) in [7, 11) is -2.26. The summed E-state index contributed by atoms with van der Waals surface area (Å²) in [6.45, 7) is 9.45. The zero-order valence-electron chi connectivity index (χ0n) is 27.5. The number of hydrogen-bond donors (Lipinski definition) is 3. The highest BCUT2D eigenvalue weighted by atomic mass is 32.2. The smallest absolute Gasteiger partial charge is 0.410 e. The van der Waals surface area contributed by atoms with Crippen LogP contribution in [0.15, 0.2) is 42.5 Å². The van der Waals surface area contributed by atoms with E-state index in [0.717, 1.165) is 48.2 Å². The Labute approximate surface area is 267 Å². The van der Waals surface area contributed by atoms with Crippen molar-refractivity contribution in [3.05, 3.63) is 53.6 Å². The fourth-order valence-electron chi connectivity index (χ4n) is 6.24. The van der Waals surface area contributed by atoms with Crippen molar-refractivity contribution < 1.29 is 27.9 Å². The van der Waals surface area contributed by atoms with Crippen LogP contribution in [0.1, 0.15) is 82.6 Å². The first-order valence-corrected chi connectivity index (χ1v) is 17.7. The third-order valence-electron chi connectivity index (χ3n) is 8.82. The average molecular weight is 644 g/mol. The highest BCUT2D eigenvalue weighted by molar-refractivity contribution is 7.92. The number of piperidine rings is 2. The molecule has 1 aromatic heterocycles. The number of amides is 2. The molecule has 1 saturated carbocycles. The van der Waals surface area contributed by atoms with Crippen molar-refractivity contribution in [1.82, 2.24) is 15.2 Å². The molecule has 0 radical (unpaired) electrons. The highest BCUT2D eigenvalue weighted by Gasteiger charge is 2.50. The molecule has 11 nitrogen and oxygen atoms in total. The summed E-state index contributed by atoms with van der Waals surface area (Å²) in [6.07, 6.45) is 4.11. The van der Waals surface area contributed by atoms with Gasteiger partial charge >= 0.3 is 6.09 Å². The molecule has 2 aliphatic heterocycles. The molecule has 3 aliphatic rings. The first kappa shape index (κ1) is 34.5. The molecule has 1 aliphatic carbocycles. The lowest BCUT2D eigenvalue weighted by Crippen LogP contribution is -2.66. The lowest BCUT2D eigenvalue weighted by Gasteiger charge is -2.53. The van der Waals surface area contributed by atoms with E-state index in [1.54, 1.807) is 11.0 Å². The minimum atomic E-state index is -3.65. The Kier molecular flexibility index (Phi) is 10.7. The maximum atomic E-state index is 14.0. The Morgan fingerprint density at radius 2 is 1.78 bits per heavy atom. The first-order valence-electron chi connectivity index (χ1n) is 15.8. The minimum absolute atomic E-state index is 0.0282. The van der Waals surface area contributed by atoms with Crippen LogP contribution in [0.3, 0.4) is 0 Å². The molecule has 2 unspecified atom stereocenters. The number of ether oxygens (including phenoxy) is 1. The second-order valence-electron chi connectivity index (χ2n) is 13.5. The van der Waals surface area contributed by atoms with Gasteiger partial charge in [-0.1, -0.05) is 37.3 Å². The van der Waals surface area contributed by atoms with Crippen molar-refractivity contribution in [1.29, 1.82) is 0 Å². The quantitative estimate of drug-likeness (QED) is 0.324. The molecule has 0 spiro atoms. The van der Waals surface area contributed by atoms with E-state index >= 15 is 0 Å². The summed E-state index contributed by atoms with van der Waals surface area (Å²) in [5.74, 6) is 0.0348. The van der Waals surface area contributed by atoms with Crippen LogP contribution in [0, 0.1) is 5.92 Å². The number of aliphatic hydroxyl groups is 1. The number of nitrogens with zero attached hydrogens (tertiary/aromatic N) is 3. The number of aromatic nitrogens is 1. The van der Waals surface area contributed by atoms with E-state index in [1.807, 2.05) is 65.0 Å².